The van der Waals surface area contributed by atoms with Crippen LogP contribution in [-0.2, 0) is 0 Å². The molecule has 1 radical (unpaired) electrons. The molecule has 0 bridgehead atoms. The first-order valence-electron chi connectivity index (χ1n) is 4.12. The highest BCUT2D eigenvalue weighted by atomic mass is 79.9. The summed E-state index contributed by atoms with van der Waals surface area (Å²) in [6, 6.07) is 1.51. The molecule has 2 heteroatoms. The Morgan fingerprint density at radius 1 is 1.00 bits per heavy atom. The molecule has 0 N–H and O–H groups in total. The van der Waals surface area contributed by atoms with Crippen molar-refractivity contribution in [3.05, 3.63) is 0 Å². The van der Waals surface area contributed by atoms with E-state index >= 15 is 0 Å². The van der Waals surface area contributed by atoms with Gasteiger partial charge in [-0.3, -0.25) is 0 Å². The topological polar surface area (TPSA) is 0 Å². The first-order chi connectivity index (χ1) is 4.77. The van der Waals surface area contributed by atoms with Crippen LogP contribution >= 0.6 is 15.9 Å². The lowest BCUT2D eigenvalue weighted by atomic mass is 10.2. The van der Waals surface area contributed by atoms with Crippen LogP contribution in [0, 0.1) is 0 Å². The normalized spacial score (nSPS) is 10.8. The zero-order valence-electron chi connectivity index (χ0n) is 7.12. The molecule has 0 atom stereocenters. The molecule has 0 saturated carbocycles. The Morgan fingerprint density at radius 3 is 2.10 bits per heavy atom. The molecule has 0 saturated heterocycles. The second-order valence-electron chi connectivity index (χ2n) is 3.06. The van der Waals surface area contributed by atoms with Crippen LogP contribution in [0.25, 0.3) is 0 Å². The Morgan fingerprint density at radius 2 is 1.60 bits per heavy atom. The van der Waals surface area contributed by atoms with Gasteiger partial charge in [0, 0.05) is 14.1 Å². The molecule has 61 valence electrons. The number of rotatable bonds is 6. The molecule has 0 heterocycles. The minimum atomic E-state index is 0.0666. The fourth-order valence-corrected chi connectivity index (χ4v) is 2.28. The fraction of sp³-hybridized carbons (Fsp3) is 1.00. The van der Waals surface area contributed by atoms with Crippen LogP contribution in [0.3, 0.4) is 0 Å². The van der Waals surface area contributed by atoms with Crippen LogP contribution in [0.1, 0.15) is 25.7 Å². The van der Waals surface area contributed by atoms with Crippen LogP contribution in [0.15, 0.2) is 0 Å². The van der Waals surface area contributed by atoms with Crippen molar-refractivity contribution in [2.45, 2.75) is 44.8 Å². The van der Waals surface area contributed by atoms with Gasteiger partial charge in [-0.05, 0) is 6.42 Å². The quantitative estimate of drug-likeness (QED) is 0.365. The number of unbranched alkanes of at least 4 members (excludes halogenated alkanes) is 3. The molecule has 0 aliphatic rings. The van der Waals surface area contributed by atoms with Crippen molar-refractivity contribution < 1.29 is 0 Å². The third kappa shape index (κ3) is 8.70. The molecule has 0 aliphatic heterocycles. The van der Waals surface area contributed by atoms with Crippen LogP contribution in [0.4, 0.5) is 0 Å². The zero-order chi connectivity index (χ0) is 7.82. The molecule has 0 unspecified atom stereocenters. The highest BCUT2D eigenvalue weighted by Crippen LogP contribution is 2.06. The van der Waals surface area contributed by atoms with Crippen molar-refractivity contribution >= 4 is 24.7 Å². The summed E-state index contributed by atoms with van der Waals surface area (Å²) < 4.78 is 0. The van der Waals surface area contributed by atoms with Gasteiger partial charge in [0.1, 0.15) is 0 Å². The molecule has 0 nitrogen and oxygen atoms in total. The van der Waals surface area contributed by atoms with Crippen molar-refractivity contribution in [1.82, 2.24) is 0 Å². The van der Waals surface area contributed by atoms with E-state index in [1.54, 1.807) is 0 Å². The zero-order valence-corrected chi connectivity index (χ0v) is 9.71. The smallest absolute Gasteiger partial charge is 0.0412 e. The minimum absolute atomic E-state index is 0.0666. The number of halogens is 1. The lowest BCUT2D eigenvalue weighted by Gasteiger charge is -2.00. The van der Waals surface area contributed by atoms with Gasteiger partial charge >= 0.3 is 0 Å². The summed E-state index contributed by atoms with van der Waals surface area (Å²) >= 11 is 3.44. The summed E-state index contributed by atoms with van der Waals surface area (Å²) in [6.45, 7) is 4.80. The van der Waals surface area contributed by atoms with Gasteiger partial charge < -0.3 is 0 Å². The summed E-state index contributed by atoms with van der Waals surface area (Å²) in [5.41, 5.74) is 0. The number of hydrogen-bond donors (Lipinski definition) is 0. The molecule has 0 aromatic heterocycles. The monoisotopic (exact) mass is 221 g/mol. The van der Waals surface area contributed by atoms with Gasteiger partial charge in [0.15, 0.2) is 0 Å². The van der Waals surface area contributed by atoms with Gasteiger partial charge in [0.05, 0.1) is 0 Å². The fourth-order valence-electron chi connectivity index (χ4n) is 0.927. The van der Waals surface area contributed by atoms with Crippen molar-refractivity contribution in [2.24, 2.45) is 0 Å². The Hall–Kier alpha value is 0.697. The third-order valence-corrected chi connectivity index (χ3v) is 3.47. The standard InChI is InChI=1S/C8H18BrSi/c1-10(2)8-6-4-3-5-7-9/h3-8H2,1-2H3. The summed E-state index contributed by atoms with van der Waals surface area (Å²) in [4.78, 5) is 0. The third-order valence-electron chi connectivity index (χ3n) is 1.56. The van der Waals surface area contributed by atoms with E-state index in [0.29, 0.717) is 0 Å². The van der Waals surface area contributed by atoms with Crippen LogP contribution in [0.2, 0.25) is 19.1 Å². The Labute approximate surface area is 75.1 Å². The van der Waals surface area contributed by atoms with Gasteiger partial charge in [0.25, 0.3) is 0 Å². The lowest BCUT2D eigenvalue weighted by Crippen LogP contribution is -1.97. The van der Waals surface area contributed by atoms with Crippen molar-refractivity contribution in [3.63, 3.8) is 0 Å². The predicted molar refractivity (Wildman–Crippen MR) is 54.6 cm³/mol. The summed E-state index contributed by atoms with van der Waals surface area (Å²) in [7, 11) is 0.0666. The van der Waals surface area contributed by atoms with Gasteiger partial charge in [0.2, 0.25) is 0 Å². The minimum Gasteiger partial charge on any atom is -0.0928 e. The molecule has 10 heavy (non-hydrogen) atoms. The van der Waals surface area contributed by atoms with E-state index in [1.165, 1.54) is 37.1 Å². The van der Waals surface area contributed by atoms with E-state index in [-0.39, 0.29) is 8.80 Å². The summed E-state index contributed by atoms with van der Waals surface area (Å²) in [5.74, 6) is 0. The SMILES string of the molecule is C[Si](C)CCCCCCBr. The van der Waals surface area contributed by atoms with Gasteiger partial charge in [-0.1, -0.05) is 54.3 Å². The molecular formula is C8H18BrSi. The molecule has 0 rings (SSSR count). The van der Waals surface area contributed by atoms with E-state index in [2.05, 4.69) is 29.0 Å². The van der Waals surface area contributed by atoms with Crippen molar-refractivity contribution in [1.29, 1.82) is 0 Å². The predicted octanol–water partition coefficient (Wildman–Crippen LogP) is 3.70. The van der Waals surface area contributed by atoms with Crippen LogP contribution in [0.5, 0.6) is 0 Å². The summed E-state index contributed by atoms with van der Waals surface area (Å²) in [6.07, 6.45) is 5.69. The average molecular weight is 222 g/mol. The summed E-state index contributed by atoms with van der Waals surface area (Å²) in [5, 5.41) is 1.18. The highest BCUT2D eigenvalue weighted by Gasteiger charge is 1.94. The maximum Gasteiger partial charge on any atom is 0.0412 e. The van der Waals surface area contributed by atoms with E-state index in [1.807, 2.05) is 0 Å². The Kier molecular flexibility index (Phi) is 8.34. The van der Waals surface area contributed by atoms with Crippen LogP contribution in [-0.4, -0.2) is 14.1 Å². The maximum atomic E-state index is 3.44. The first-order valence-corrected chi connectivity index (χ1v) is 7.95. The molecule has 0 aromatic rings. The average Bonchev–Trinajstić information content (AvgIpc) is 1.87. The largest absolute Gasteiger partial charge is 0.0928 e. The van der Waals surface area contributed by atoms with Crippen molar-refractivity contribution in [2.75, 3.05) is 5.33 Å². The maximum absolute atomic E-state index is 3.44. The molecule has 0 aromatic carbocycles. The van der Waals surface area contributed by atoms with E-state index in [4.69, 9.17) is 0 Å². The molecular weight excluding hydrogens is 204 g/mol. The van der Waals surface area contributed by atoms with Gasteiger partial charge in [-0.2, -0.15) is 0 Å². The molecule has 0 spiro atoms. The highest BCUT2D eigenvalue weighted by molar-refractivity contribution is 9.09. The molecule has 0 fully saturated rings. The van der Waals surface area contributed by atoms with E-state index < -0.39 is 0 Å². The molecule has 0 amide bonds. The van der Waals surface area contributed by atoms with E-state index in [9.17, 15) is 0 Å². The second-order valence-corrected chi connectivity index (χ2v) is 6.77. The van der Waals surface area contributed by atoms with Crippen LogP contribution < -0.4 is 0 Å². The Balaban J connectivity index is 2.77. The number of hydrogen-bond acceptors (Lipinski definition) is 0. The second kappa shape index (κ2) is 7.80. The number of alkyl halides is 1. The Bertz CT molecular complexity index is 64.3. The lowest BCUT2D eigenvalue weighted by molar-refractivity contribution is 0.705. The van der Waals surface area contributed by atoms with Gasteiger partial charge in [-0.25, -0.2) is 0 Å². The van der Waals surface area contributed by atoms with E-state index in [0.717, 1.165) is 0 Å². The first kappa shape index (κ1) is 10.7. The van der Waals surface area contributed by atoms with Gasteiger partial charge in [-0.15, -0.1) is 0 Å². The van der Waals surface area contributed by atoms with Crippen molar-refractivity contribution in [3.8, 4) is 0 Å². The molecule has 0 aliphatic carbocycles.